The van der Waals surface area contributed by atoms with Crippen LogP contribution in [0.25, 0.3) is 110 Å². The van der Waals surface area contributed by atoms with Crippen molar-refractivity contribution >= 4 is 65.0 Å². The van der Waals surface area contributed by atoms with Crippen molar-refractivity contribution in [3.8, 4) is 44.5 Å². The highest BCUT2D eigenvalue weighted by molar-refractivity contribution is 6.22. The topological polar surface area (TPSA) is 13.1 Å². The van der Waals surface area contributed by atoms with E-state index in [9.17, 15) is 0 Å². The SMILES string of the molecule is CC1(C)c2cc3c(cc2-c2c1ccc1ccccc21)oc1cc(-c2c4ccccc4c(-c4ccc5cc(-c6ccccc6)ccc5c4)c4ccccc24)ccc13. The molecule has 1 aliphatic rings. The first-order valence-electron chi connectivity index (χ1n) is 19.6. The van der Waals surface area contributed by atoms with Gasteiger partial charge in [-0.2, -0.15) is 0 Å². The zero-order valence-electron chi connectivity index (χ0n) is 31.2. The third-order valence-electron chi connectivity index (χ3n) is 12.6. The van der Waals surface area contributed by atoms with Crippen molar-refractivity contribution in [1.29, 1.82) is 0 Å². The molecule has 11 aromatic rings. The van der Waals surface area contributed by atoms with Crippen molar-refractivity contribution < 1.29 is 4.42 Å². The highest BCUT2D eigenvalue weighted by Gasteiger charge is 2.37. The van der Waals surface area contributed by atoms with Crippen LogP contribution in [0.2, 0.25) is 0 Å². The number of rotatable bonds is 3. The molecule has 0 bridgehead atoms. The number of fused-ring (bicyclic) bond motifs is 11. The van der Waals surface area contributed by atoms with Crippen LogP contribution in [0.3, 0.4) is 0 Å². The van der Waals surface area contributed by atoms with Gasteiger partial charge >= 0.3 is 0 Å². The van der Waals surface area contributed by atoms with Crippen molar-refractivity contribution in [2.45, 2.75) is 19.3 Å². The number of benzene rings is 10. The van der Waals surface area contributed by atoms with Gasteiger partial charge < -0.3 is 4.42 Å². The standard InChI is InChI=1S/C55H36O/c1-55(2)48-27-25-34-14-6-7-15-40(34)54(48)47-32-51-46(31-49(47)55)41-26-24-39(30-50(41)56-51)53-44-18-10-8-16-42(44)52(43-17-9-11-19-45(43)53)38-23-22-36-28-35(20-21-37(36)29-38)33-12-4-3-5-13-33/h3-32H,1-2H3. The molecule has 0 spiro atoms. The molecule has 0 radical (unpaired) electrons. The summed E-state index contributed by atoms with van der Waals surface area (Å²) in [5, 5.41) is 12.3. The Kier molecular flexibility index (Phi) is 6.46. The van der Waals surface area contributed by atoms with E-state index >= 15 is 0 Å². The Morgan fingerprint density at radius 1 is 0.321 bits per heavy atom. The van der Waals surface area contributed by atoms with Gasteiger partial charge in [-0.15, -0.1) is 0 Å². The maximum absolute atomic E-state index is 6.83. The molecule has 1 aliphatic carbocycles. The molecule has 12 rings (SSSR count). The minimum atomic E-state index is -0.109. The predicted molar refractivity (Wildman–Crippen MR) is 238 cm³/mol. The van der Waals surface area contributed by atoms with Crippen LogP contribution in [-0.4, -0.2) is 0 Å². The van der Waals surface area contributed by atoms with Gasteiger partial charge in [0.05, 0.1) is 0 Å². The van der Waals surface area contributed by atoms with E-state index < -0.39 is 0 Å². The van der Waals surface area contributed by atoms with Gasteiger partial charge in [-0.05, 0) is 135 Å². The zero-order chi connectivity index (χ0) is 37.1. The molecule has 1 aromatic heterocycles. The van der Waals surface area contributed by atoms with Gasteiger partial charge in [-0.3, -0.25) is 0 Å². The third kappa shape index (κ3) is 4.43. The summed E-state index contributed by atoms with van der Waals surface area (Å²) < 4.78 is 6.83. The summed E-state index contributed by atoms with van der Waals surface area (Å²) in [6, 6.07) is 67.1. The van der Waals surface area contributed by atoms with Gasteiger partial charge in [-0.25, -0.2) is 0 Å². The van der Waals surface area contributed by atoms with Crippen molar-refractivity contribution in [1.82, 2.24) is 0 Å². The molecule has 1 heteroatoms. The van der Waals surface area contributed by atoms with E-state index in [0.29, 0.717) is 0 Å². The summed E-state index contributed by atoms with van der Waals surface area (Å²) in [6.07, 6.45) is 0. The van der Waals surface area contributed by atoms with Crippen LogP contribution in [0.5, 0.6) is 0 Å². The first kappa shape index (κ1) is 31.4. The number of furan rings is 1. The second kappa shape index (κ2) is 11.5. The Morgan fingerprint density at radius 2 is 0.857 bits per heavy atom. The Bertz CT molecular complexity index is 3380. The molecule has 0 saturated heterocycles. The molecule has 262 valence electrons. The Balaban J connectivity index is 1.03. The summed E-state index contributed by atoms with van der Waals surface area (Å²) in [6.45, 7) is 4.72. The van der Waals surface area contributed by atoms with E-state index in [4.69, 9.17) is 4.42 Å². The van der Waals surface area contributed by atoms with Crippen molar-refractivity contribution in [3.05, 3.63) is 193 Å². The van der Waals surface area contributed by atoms with Crippen LogP contribution in [0, 0.1) is 0 Å². The lowest BCUT2D eigenvalue weighted by Crippen LogP contribution is -2.14. The average molecular weight is 713 g/mol. The number of hydrogen-bond donors (Lipinski definition) is 0. The fourth-order valence-electron chi connectivity index (χ4n) is 9.89. The molecule has 0 aliphatic heterocycles. The van der Waals surface area contributed by atoms with E-state index in [2.05, 4.69) is 196 Å². The van der Waals surface area contributed by atoms with Gasteiger partial charge in [0.2, 0.25) is 0 Å². The second-order valence-electron chi connectivity index (χ2n) is 16.0. The van der Waals surface area contributed by atoms with Crippen LogP contribution >= 0.6 is 0 Å². The van der Waals surface area contributed by atoms with E-state index in [1.807, 2.05) is 0 Å². The van der Waals surface area contributed by atoms with Gasteiger partial charge in [0.25, 0.3) is 0 Å². The van der Waals surface area contributed by atoms with Gasteiger partial charge in [-0.1, -0.05) is 159 Å². The van der Waals surface area contributed by atoms with E-state index in [0.717, 1.165) is 22.1 Å². The first-order chi connectivity index (χ1) is 27.5. The summed E-state index contributed by atoms with van der Waals surface area (Å²) in [5.74, 6) is 0. The average Bonchev–Trinajstić information content (AvgIpc) is 3.72. The maximum atomic E-state index is 6.83. The van der Waals surface area contributed by atoms with Gasteiger partial charge in [0, 0.05) is 16.2 Å². The normalized spacial score (nSPS) is 13.3. The molecule has 0 saturated carbocycles. The highest BCUT2D eigenvalue weighted by Crippen LogP contribution is 2.53. The molecule has 1 nitrogen and oxygen atoms in total. The van der Waals surface area contributed by atoms with Crippen LogP contribution < -0.4 is 0 Å². The van der Waals surface area contributed by atoms with Crippen LogP contribution in [0.1, 0.15) is 25.0 Å². The summed E-state index contributed by atoms with van der Waals surface area (Å²) in [7, 11) is 0. The van der Waals surface area contributed by atoms with E-state index in [1.54, 1.807) is 0 Å². The minimum absolute atomic E-state index is 0.109. The van der Waals surface area contributed by atoms with Crippen LogP contribution in [-0.2, 0) is 5.41 Å². The lowest BCUT2D eigenvalue weighted by atomic mass is 9.81. The highest BCUT2D eigenvalue weighted by atomic mass is 16.3. The molecule has 56 heavy (non-hydrogen) atoms. The van der Waals surface area contributed by atoms with Crippen molar-refractivity contribution in [2.75, 3.05) is 0 Å². The minimum Gasteiger partial charge on any atom is -0.456 e. The molecule has 1 heterocycles. The maximum Gasteiger partial charge on any atom is 0.136 e. The fraction of sp³-hybridized carbons (Fsp3) is 0.0545. The van der Waals surface area contributed by atoms with Crippen molar-refractivity contribution in [3.63, 3.8) is 0 Å². The third-order valence-corrected chi connectivity index (χ3v) is 12.6. The first-order valence-corrected chi connectivity index (χ1v) is 19.6. The molecule has 0 atom stereocenters. The molecule has 10 aromatic carbocycles. The van der Waals surface area contributed by atoms with E-state index in [-0.39, 0.29) is 5.41 Å². The Morgan fingerprint density at radius 3 is 1.55 bits per heavy atom. The van der Waals surface area contributed by atoms with Gasteiger partial charge in [0.1, 0.15) is 11.2 Å². The summed E-state index contributed by atoms with van der Waals surface area (Å²) in [4.78, 5) is 0. The second-order valence-corrected chi connectivity index (χ2v) is 16.0. The summed E-state index contributed by atoms with van der Waals surface area (Å²) >= 11 is 0. The summed E-state index contributed by atoms with van der Waals surface area (Å²) in [5.41, 5.74) is 14.5. The smallest absolute Gasteiger partial charge is 0.136 e. The van der Waals surface area contributed by atoms with Crippen LogP contribution in [0.15, 0.2) is 186 Å². The van der Waals surface area contributed by atoms with Crippen molar-refractivity contribution in [2.24, 2.45) is 0 Å². The predicted octanol–water partition coefficient (Wildman–Crippen LogP) is 15.5. The Hall–Kier alpha value is -6.96. The largest absolute Gasteiger partial charge is 0.456 e. The molecular weight excluding hydrogens is 677 g/mol. The molecule has 0 unspecified atom stereocenters. The van der Waals surface area contributed by atoms with Gasteiger partial charge in [0.15, 0.2) is 0 Å². The van der Waals surface area contributed by atoms with Crippen LogP contribution in [0.4, 0.5) is 0 Å². The molecule has 0 amide bonds. The zero-order valence-corrected chi connectivity index (χ0v) is 31.2. The lowest BCUT2D eigenvalue weighted by molar-refractivity contribution is 0.658. The molecular formula is C55H36O. The fourth-order valence-corrected chi connectivity index (χ4v) is 9.89. The monoisotopic (exact) mass is 712 g/mol. The lowest BCUT2D eigenvalue weighted by Gasteiger charge is -2.21. The molecule has 0 N–H and O–H groups in total. The van der Waals surface area contributed by atoms with E-state index in [1.165, 1.54) is 98.5 Å². The quantitative estimate of drug-likeness (QED) is 0.166. The Labute approximate surface area is 325 Å². The number of hydrogen-bond acceptors (Lipinski definition) is 1. The molecule has 0 fully saturated rings.